The molecular weight excluding hydrogens is 1110 g/mol. The zero-order chi connectivity index (χ0) is 59.9. The summed E-state index contributed by atoms with van der Waals surface area (Å²) in [5.74, 6) is 1.51. The van der Waals surface area contributed by atoms with Gasteiger partial charge < -0.3 is 13.9 Å². The van der Waals surface area contributed by atoms with E-state index in [0.717, 1.165) is 61.0 Å². The molecule has 0 amide bonds. The summed E-state index contributed by atoms with van der Waals surface area (Å²) in [4.78, 5) is 4.93. The molecule has 0 atom stereocenters. The number of aromatic nitrogens is 4. The van der Waals surface area contributed by atoms with Crippen molar-refractivity contribution in [1.82, 2.24) is 14.1 Å². The maximum Gasteiger partial charge on any atom is 0.268 e. The van der Waals surface area contributed by atoms with Gasteiger partial charge in [-0.05, 0) is 108 Å². The van der Waals surface area contributed by atoms with Gasteiger partial charge in [0.15, 0.2) is 0 Å². The number of rotatable bonds is 8. The van der Waals surface area contributed by atoms with Crippen LogP contribution >= 0.6 is 0 Å². The van der Waals surface area contributed by atoms with E-state index < -0.39 is 71.3 Å². The summed E-state index contributed by atoms with van der Waals surface area (Å²) in [5, 5.41) is 1.99. The molecule has 6 heteroatoms. The SMILES string of the molecule is [2H]c1c([2H])c([2H])c(-c2cccc(-c3c([2H])c([2H])c([2H])c([2H])c3[2H])c2-[n+]2[c-]n(-c3[c-]c(Oc4[c-]c5c(cc4)c4cc(-c6ccccc6)ccc4n5-c4cc(C(C)(C)C)ccn4)ccc3)c3cc4c(cc32)C(C)(C)c2ccccc2C4(C)C)c([2H])c1[2H].[Pt]. The Morgan fingerprint density at radius 3 is 1.86 bits per heavy atom. The third-order valence-electron chi connectivity index (χ3n) is 15.0. The molecule has 0 unspecified atom stereocenters. The molecule has 0 saturated heterocycles. The van der Waals surface area contributed by atoms with E-state index in [1.165, 1.54) is 5.56 Å². The third-order valence-corrected chi connectivity index (χ3v) is 15.0. The van der Waals surface area contributed by atoms with Crippen molar-refractivity contribution < 1.29 is 44.1 Å². The molecule has 1 aliphatic carbocycles. The first kappa shape index (κ1) is 38.4. The van der Waals surface area contributed by atoms with Crippen LogP contribution in [0.25, 0.3) is 83.4 Å². The standard InChI is InChI=1S/C70H56N4O.Pt/c1-68(2,3)50-37-38-71-66(40-50)74-62-36-33-49(46-21-11-8-12-22-46)39-57(62)56-35-34-53(42-63(56)74)75-52-28-19-27-51(41-52)72-45-73(67-54(47-23-13-9-14-24-47)29-20-30-55(67)48-25-15-10-16-26-48)65-44-61-60(43-64(65)72)69(4,5)58-31-17-18-32-59(58)70(61,6)7;/h8-40,43-44H,1-7H3;/q-2;/i9D,10D,13D,14D,15D,16D,23D,24D,25D,26D;. The average Bonchev–Trinajstić information content (AvgIpc) is 1.26. The van der Waals surface area contributed by atoms with E-state index >= 15 is 0 Å². The van der Waals surface area contributed by atoms with Gasteiger partial charge in [-0.3, -0.25) is 4.57 Å². The molecule has 5 nitrogen and oxygen atoms in total. The smallest absolute Gasteiger partial charge is 0.268 e. The Balaban J connectivity index is 0.00000724. The minimum atomic E-state index is -0.576. The molecule has 3 heterocycles. The van der Waals surface area contributed by atoms with Gasteiger partial charge in [-0.2, -0.15) is 18.2 Å². The monoisotopic (exact) mass is 1170 g/mol. The molecule has 374 valence electrons. The van der Waals surface area contributed by atoms with Crippen molar-refractivity contribution in [2.75, 3.05) is 0 Å². The summed E-state index contributed by atoms with van der Waals surface area (Å²) in [6.45, 7) is 15.3. The van der Waals surface area contributed by atoms with Crippen LogP contribution < -0.4 is 9.30 Å². The minimum Gasteiger partial charge on any atom is -0.510 e. The van der Waals surface area contributed by atoms with Gasteiger partial charge in [0.2, 0.25) is 0 Å². The molecular formula is C70H56N4OPt-2. The van der Waals surface area contributed by atoms with E-state index in [1.54, 1.807) is 22.8 Å². The quantitative estimate of drug-likeness (QED) is 0.112. The predicted molar refractivity (Wildman–Crippen MR) is 306 cm³/mol. The Bertz CT molecular complexity index is 4670. The van der Waals surface area contributed by atoms with Crippen LogP contribution in [0, 0.1) is 18.5 Å². The summed E-state index contributed by atoms with van der Waals surface area (Å²) in [7, 11) is 0. The Kier molecular flexibility index (Phi) is 9.42. The van der Waals surface area contributed by atoms with Gasteiger partial charge in [0.25, 0.3) is 6.33 Å². The number of pyridine rings is 1. The number of para-hydroxylation sites is 1. The van der Waals surface area contributed by atoms with Crippen LogP contribution in [0.15, 0.2) is 212 Å². The summed E-state index contributed by atoms with van der Waals surface area (Å²) in [5.41, 5.74) is 10.00. The van der Waals surface area contributed by atoms with E-state index in [9.17, 15) is 5.48 Å². The fourth-order valence-electron chi connectivity index (χ4n) is 11.1. The molecule has 0 spiro atoms. The summed E-state index contributed by atoms with van der Waals surface area (Å²) < 4.78 is 102. The molecule has 0 aliphatic heterocycles. The number of hydrogen-bond acceptors (Lipinski definition) is 2. The first-order valence-corrected chi connectivity index (χ1v) is 25.1. The second-order valence-electron chi connectivity index (χ2n) is 21.3. The number of imidazole rings is 1. The van der Waals surface area contributed by atoms with Crippen molar-refractivity contribution in [3.63, 3.8) is 0 Å². The van der Waals surface area contributed by atoms with Gasteiger partial charge in [-0.1, -0.05) is 199 Å². The van der Waals surface area contributed by atoms with Gasteiger partial charge in [0.1, 0.15) is 5.82 Å². The Labute approximate surface area is 474 Å². The fraction of sp³-hybridized carbons (Fsp3) is 0.143. The normalized spacial score (nSPS) is 15.4. The van der Waals surface area contributed by atoms with Crippen molar-refractivity contribution in [2.45, 2.75) is 64.7 Å². The molecule has 0 N–H and O–H groups in total. The molecule has 0 bridgehead atoms. The fourth-order valence-corrected chi connectivity index (χ4v) is 11.1. The Morgan fingerprint density at radius 1 is 0.553 bits per heavy atom. The number of benzene rings is 9. The number of nitrogens with zero attached hydrogens (tertiary/aromatic N) is 4. The summed E-state index contributed by atoms with van der Waals surface area (Å²) in [6.07, 6.45) is 5.46. The second kappa shape index (κ2) is 18.6. The van der Waals surface area contributed by atoms with Crippen LogP contribution in [0.3, 0.4) is 0 Å². The minimum absolute atomic E-state index is 0. The Morgan fingerprint density at radius 2 is 1.18 bits per heavy atom. The number of hydrogen-bond donors (Lipinski definition) is 0. The largest absolute Gasteiger partial charge is 0.510 e. The van der Waals surface area contributed by atoms with Crippen molar-refractivity contribution >= 4 is 32.8 Å². The second-order valence-corrected chi connectivity index (χ2v) is 21.3. The zero-order valence-electron chi connectivity index (χ0n) is 52.9. The maximum absolute atomic E-state index is 9.31. The van der Waals surface area contributed by atoms with Gasteiger partial charge >= 0.3 is 0 Å². The first-order valence-electron chi connectivity index (χ1n) is 30.1. The van der Waals surface area contributed by atoms with Crippen molar-refractivity contribution in [2.24, 2.45) is 0 Å². The van der Waals surface area contributed by atoms with Crippen LogP contribution in [0.1, 0.15) is 90.0 Å². The van der Waals surface area contributed by atoms with E-state index in [1.807, 2.05) is 71.4 Å². The molecule has 12 aromatic rings. The third kappa shape index (κ3) is 8.12. The molecule has 13 rings (SSSR count). The average molecular weight is 1170 g/mol. The molecule has 0 saturated carbocycles. The topological polar surface area (TPSA) is 35.9 Å². The predicted octanol–water partition coefficient (Wildman–Crippen LogP) is 16.9. The van der Waals surface area contributed by atoms with Crippen LogP contribution in [0.5, 0.6) is 11.5 Å². The van der Waals surface area contributed by atoms with Gasteiger partial charge in [-0.25, -0.2) is 4.98 Å². The van der Waals surface area contributed by atoms with E-state index in [-0.39, 0.29) is 54.4 Å². The zero-order valence-corrected chi connectivity index (χ0v) is 45.2. The first-order chi connectivity index (χ1) is 40.5. The molecule has 0 radical (unpaired) electrons. The van der Waals surface area contributed by atoms with Gasteiger partial charge in [0.05, 0.1) is 30.4 Å². The van der Waals surface area contributed by atoms with E-state index in [4.69, 9.17) is 17.9 Å². The van der Waals surface area contributed by atoms with Crippen molar-refractivity contribution in [3.05, 3.63) is 258 Å². The molecule has 0 fully saturated rings. The Hall–Kier alpha value is -8.11. The molecule has 9 aromatic carbocycles. The number of fused-ring (bicyclic) bond motifs is 6. The maximum atomic E-state index is 9.31. The van der Waals surface area contributed by atoms with Crippen LogP contribution in [-0.2, 0) is 37.3 Å². The van der Waals surface area contributed by atoms with Gasteiger partial charge in [0, 0.05) is 55.1 Å². The summed E-state index contributed by atoms with van der Waals surface area (Å²) in [6, 6.07) is 49.8. The van der Waals surface area contributed by atoms with E-state index in [2.05, 4.69) is 138 Å². The van der Waals surface area contributed by atoms with Gasteiger partial charge in [-0.15, -0.1) is 29.7 Å². The van der Waals surface area contributed by atoms with Crippen molar-refractivity contribution in [1.29, 1.82) is 0 Å². The van der Waals surface area contributed by atoms with Crippen LogP contribution in [0.4, 0.5) is 0 Å². The van der Waals surface area contributed by atoms with Crippen LogP contribution in [-0.4, -0.2) is 14.1 Å². The molecule has 76 heavy (non-hydrogen) atoms. The molecule has 3 aromatic heterocycles. The number of ether oxygens (including phenoxy) is 1. The van der Waals surface area contributed by atoms with Crippen LogP contribution in [0.2, 0.25) is 0 Å². The molecule has 1 aliphatic rings. The van der Waals surface area contributed by atoms with E-state index in [0.29, 0.717) is 28.2 Å². The van der Waals surface area contributed by atoms with Crippen molar-refractivity contribution in [3.8, 4) is 62.1 Å². The summed E-state index contributed by atoms with van der Waals surface area (Å²) >= 11 is 0.